The van der Waals surface area contributed by atoms with E-state index in [4.69, 9.17) is 10.5 Å². The molecule has 1 aromatic rings. The molecule has 3 nitrogen and oxygen atoms in total. The van der Waals surface area contributed by atoms with Crippen LogP contribution in [0.3, 0.4) is 0 Å². The fourth-order valence-corrected chi connectivity index (χ4v) is 2.46. The summed E-state index contributed by atoms with van der Waals surface area (Å²) in [4.78, 5) is 2.35. The van der Waals surface area contributed by atoms with Gasteiger partial charge >= 0.3 is 0 Å². The second-order valence-corrected chi connectivity index (χ2v) is 5.20. The predicted octanol–water partition coefficient (Wildman–Crippen LogP) is 2.31. The van der Waals surface area contributed by atoms with Crippen LogP contribution in [-0.4, -0.2) is 37.7 Å². The van der Waals surface area contributed by atoms with Crippen LogP contribution in [0.15, 0.2) is 24.3 Å². The summed E-state index contributed by atoms with van der Waals surface area (Å²) in [6, 6.07) is 8.12. The third-order valence-corrected chi connectivity index (χ3v) is 3.61. The van der Waals surface area contributed by atoms with Gasteiger partial charge in [-0.2, -0.15) is 0 Å². The van der Waals surface area contributed by atoms with Crippen molar-refractivity contribution in [3.63, 3.8) is 0 Å². The Kier molecular flexibility index (Phi) is 5.02. The standard InChI is InChI=1S/C15H24N2O/c1-17(12-14-7-4-5-11-18-14)10-9-13-6-2-3-8-15(13)16/h2-3,6,8,14H,4-5,7,9-12,16H2,1H3. The van der Waals surface area contributed by atoms with E-state index in [1.54, 1.807) is 0 Å². The lowest BCUT2D eigenvalue weighted by Gasteiger charge is -2.27. The fourth-order valence-electron chi connectivity index (χ4n) is 2.46. The van der Waals surface area contributed by atoms with Crippen molar-refractivity contribution < 1.29 is 4.74 Å². The number of ether oxygens (including phenoxy) is 1. The first-order valence-corrected chi connectivity index (χ1v) is 6.89. The Hall–Kier alpha value is -1.06. The number of nitrogens with zero attached hydrogens (tertiary/aromatic N) is 1. The van der Waals surface area contributed by atoms with E-state index in [1.807, 2.05) is 12.1 Å². The van der Waals surface area contributed by atoms with E-state index in [9.17, 15) is 0 Å². The van der Waals surface area contributed by atoms with Gasteiger partial charge < -0.3 is 15.4 Å². The van der Waals surface area contributed by atoms with E-state index in [0.717, 1.165) is 31.8 Å². The molecular formula is C15H24N2O. The monoisotopic (exact) mass is 248 g/mol. The molecule has 1 atom stereocenters. The molecule has 0 radical (unpaired) electrons. The number of hydrogen-bond donors (Lipinski definition) is 1. The Labute approximate surface area is 110 Å². The largest absolute Gasteiger partial charge is 0.399 e. The number of hydrogen-bond acceptors (Lipinski definition) is 3. The van der Waals surface area contributed by atoms with Gasteiger partial charge in [0.1, 0.15) is 0 Å². The molecule has 1 heterocycles. The molecule has 0 amide bonds. The molecule has 2 N–H and O–H groups in total. The molecule has 2 rings (SSSR count). The molecule has 1 aromatic carbocycles. The van der Waals surface area contributed by atoms with Crippen molar-refractivity contribution in [2.75, 3.05) is 32.5 Å². The van der Waals surface area contributed by atoms with Crippen LogP contribution in [0.25, 0.3) is 0 Å². The first-order chi connectivity index (χ1) is 8.75. The molecule has 1 aliphatic heterocycles. The summed E-state index contributed by atoms with van der Waals surface area (Å²) in [6.07, 6.45) is 5.18. The van der Waals surface area contributed by atoms with Crippen LogP contribution >= 0.6 is 0 Å². The summed E-state index contributed by atoms with van der Waals surface area (Å²) in [5, 5.41) is 0. The Bertz CT molecular complexity index is 361. The quantitative estimate of drug-likeness (QED) is 0.813. The van der Waals surface area contributed by atoms with Gasteiger partial charge in [0, 0.05) is 25.4 Å². The molecule has 100 valence electrons. The van der Waals surface area contributed by atoms with Crippen molar-refractivity contribution in [2.24, 2.45) is 0 Å². The molecule has 0 aromatic heterocycles. The maximum atomic E-state index is 5.95. The number of likely N-dealkylation sites (N-methyl/N-ethyl adjacent to an activating group) is 1. The van der Waals surface area contributed by atoms with Crippen molar-refractivity contribution in [2.45, 2.75) is 31.8 Å². The summed E-state index contributed by atoms with van der Waals surface area (Å²) in [7, 11) is 2.16. The number of rotatable bonds is 5. The summed E-state index contributed by atoms with van der Waals surface area (Å²) in [5.74, 6) is 0. The van der Waals surface area contributed by atoms with E-state index < -0.39 is 0 Å². The van der Waals surface area contributed by atoms with Crippen molar-refractivity contribution in [3.8, 4) is 0 Å². The van der Waals surface area contributed by atoms with Gasteiger partial charge in [0.15, 0.2) is 0 Å². The molecule has 1 unspecified atom stereocenters. The summed E-state index contributed by atoms with van der Waals surface area (Å²) in [6.45, 7) is 3.00. The van der Waals surface area contributed by atoms with Gasteiger partial charge in [0.25, 0.3) is 0 Å². The van der Waals surface area contributed by atoms with Crippen molar-refractivity contribution in [1.29, 1.82) is 0 Å². The van der Waals surface area contributed by atoms with Gasteiger partial charge in [-0.3, -0.25) is 0 Å². The van der Waals surface area contributed by atoms with E-state index in [-0.39, 0.29) is 0 Å². The molecule has 18 heavy (non-hydrogen) atoms. The van der Waals surface area contributed by atoms with Crippen LogP contribution in [0.2, 0.25) is 0 Å². The number of para-hydroxylation sites is 1. The number of benzene rings is 1. The second kappa shape index (κ2) is 6.76. The van der Waals surface area contributed by atoms with Crippen LogP contribution in [0.4, 0.5) is 5.69 Å². The molecule has 1 saturated heterocycles. The van der Waals surface area contributed by atoms with Crippen molar-refractivity contribution in [3.05, 3.63) is 29.8 Å². The third kappa shape index (κ3) is 4.00. The van der Waals surface area contributed by atoms with E-state index >= 15 is 0 Å². The SMILES string of the molecule is CN(CCc1ccccc1N)CC1CCCCO1. The van der Waals surface area contributed by atoms with Gasteiger partial charge in [-0.05, 0) is 44.4 Å². The highest BCUT2D eigenvalue weighted by molar-refractivity contribution is 5.46. The van der Waals surface area contributed by atoms with Crippen LogP contribution < -0.4 is 5.73 Å². The normalized spacial score (nSPS) is 20.2. The van der Waals surface area contributed by atoms with Crippen LogP contribution in [0.1, 0.15) is 24.8 Å². The highest BCUT2D eigenvalue weighted by atomic mass is 16.5. The first-order valence-electron chi connectivity index (χ1n) is 6.89. The fraction of sp³-hybridized carbons (Fsp3) is 0.600. The zero-order valence-corrected chi connectivity index (χ0v) is 11.3. The molecule has 1 fully saturated rings. The summed E-state index contributed by atoms with van der Waals surface area (Å²) in [5.41, 5.74) is 8.09. The highest BCUT2D eigenvalue weighted by Gasteiger charge is 2.15. The van der Waals surface area contributed by atoms with Gasteiger partial charge in [-0.25, -0.2) is 0 Å². The lowest BCUT2D eigenvalue weighted by Crippen LogP contribution is -2.34. The minimum atomic E-state index is 0.428. The number of nitrogen functional groups attached to an aromatic ring is 1. The lowest BCUT2D eigenvalue weighted by molar-refractivity contribution is -0.00124. The maximum Gasteiger partial charge on any atom is 0.0701 e. The predicted molar refractivity (Wildman–Crippen MR) is 75.6 cm³/mol. The van der Waals surface area contributed by atoms with Gasteiger partial charge in [0.05, 0.1) is 6.10 Å². The Balaban J connectivity index is 1.74. The van der Waals surface area contributed by atoms with Gasteiger partial charge in [-0.1, -0.05) is 18.2 Å². The third-order valence-electron chi connectivity index (χ3n) is 3.61. The molecular weight excluding hydrogens is 224 g/mol. The first kappa shape index (κ1) is 13.4. The zero-order valence-electron chi connectivity index (χ0n) is 11.3. The second-order valence-electron chi connectivity index (χ2n) is 5.20. The number of nitrogens with two attached hydrogens (primary N) is 1. The summed E-state index contributed by atoms with van der Waals surface area (Å²) < 4.78 is 5.76. The van der Waals surface area contributed by atoms with E-state index in [2.05, 4.69) is 24.1 Å². The Morgan fingerprint density at radius 3 is 2.89 bits per heavy atom. The van der Waals surface area contributed by atoms with E-state index in [0.29, 0.717) is 6.10 Å². The molecule has 3 heteroatoms. The average Bonchev–Trinajstić information content (AvgIpc) is 2.39. The molecule has 0 bridgehead atoms. The Morgan fingerprint density at radius 2 is 2.17 bits per heavy atom. The molecule has 0 aliphatic carbocycles. The van der Waals surface area contributed by atoms with Crippen LogP contribution in [0, 0.1) is 0 Å². The van der Waals surface area contributed by atoms with Gasteiger partial charge in [-0.15, -0.1) is 0 Å². The van der Waals surface area contributed by atoms with Crippen molar-refractivity contribution >= 4 is 5.69 Å². The lowest BCUT2D eigenvalue weighted by atomic mass is 10.1. The van der Waals surface area contributed by atoms with E-state index in [1.165, 1.54) is 24.8 Å². The van der Waals surface area contributed by atoms with Gasteiger partial charge in [0.2, 0.25) is 0 Å². The van der Waals surface area contributed by atoms with Crippen LogP contribution in [-0.2, 0) is 11.2 Å². The number of anilines is 1. The van der Waals surface area contributed by atoms with Crippen LogP contribution in [0.5, 0.6) is 0 Å². The maximum absolute atomic E-state index is 5.95. The average molecular weight is 248 g/mol. The van der Waals surface area contributed by atoms with Crippen molar-refractivity contribution in [1.82, 2.24) is 4.90 Å². The zero-order chi connectivity index (χ0) is 12.8. The topological polar surface area (TPSA) is 38.5 Å². The molecule has 0 spiro atoms. The smallest absolute Gasteiger partial charge is 0.0701 e. The minimum Gasteiger partial charge on any atom is -0.399 e. The molecule has 1 aliphatic rings. The highest BCUT2D eigenvalue weighted by Crippen LogP contribution is 2.15. The molecule has 0 saturated carbocycles. The summed E-state index contributed by atoms with van der Waals surface area (Å²) >= 11 is 0. The Morgan fingerprint density at radius 1 is 1.33 bits per heavy atom. The minimum absolute atomic E-state index is 0.428.